The number of rotatable bonds is 3. The normalized spacial score (nSPS) is 10.7. The summed E-state index contributed by atoms with van der Waals surface area (Å²) in [5.41, 5.74) is 4.83. The van der Waals surface area contributed by atoms with E-state index < -0.39 is 5.60 Å². The number of hydrogen-bond acceptors (Lipinski definition) is 4. The van der Waals surface area contributed by atoms with Gasteiger partial charge in [0.2, 0.25) is 15.7 Å². The van der Waals surface area contributed by atoms with E-state index >= 15 is 0 Å². The van der Waals surface area contributed by atoms with Crippen molar-refractivity contribution in [3.8, 4) is 17.6 Å². The molecule has 5 nitrogen and oxygen atoms in total. The van der Waals surface area contributed by atoms with Crippen molar-refractivity contribution in [3.63, 3.8) is 0 Å². The van der Waals surface area contributed by atoms with Crippen LogP contribution in [0.15, 0.2) is 18.5 Å². The first-order valence-corrected chi connectivity index (χ1v) is 8.10. The molecule has 2 N–H and O–H groups in total. The summed E-state index contributed by atoms with van der Waals surface area (Å²) in [5.74, 6) is 6.61. The van der Waals surface area contributed by atoms with Crippen molar-refractivity contribution in [2.75, 3.05) is 7.11 Å². The highest BCUT2D eigenvalue weighted by atomic mass is 28.2. The molecule has 0 bridgehead atoms. The van der Waals surface area contributed by atoms with E-state index in [1.807, 2.05) is 19.9 Å². The van der Waals surface area contributed by atoms with Crippen LogP contribution in [0.5, 0.6) is 5.75 Å². The molecule has 0 unspecified atom stereocenters. The molecule has 1 amide bonds. The van der Waals surface area contributed by atoms with Gasteiger partial charge in [0.25, 0.3) is 0 Å². The predicted octanol–water partition coefficient (Wildman–Crippen LogP) is 2.57. The summed E-state index contributed by atoms with van der Waals surface area (Å²) in [6, 6.07) is 1.84. The van der Waals surface area contributed by atoms with E-state index in [0.29, 0.717) is 15.5 Å². The number of nitrogens with zero attached hydrogens (tertiary/aromatic N) is 1. The number of aromatic nitrogens is 1. The number of methoxy groups -OCH3 is 1. The average molecular weight is 334 g/mol. The van der Waals surface area contributed by atoms with Gasteiger partial charge in [-0.05, 0) is 25.0 Å². The molecule has 0 aliphatic heterocycles. The molecule has 1 aromatic rings. The second kappa shape index (κ2) is 9.33. The summed E-state index contributed by atoms with van der Waals surface area (Å²) >= 11 is 0. The molecule has 23 heavy (non-hydrogen) atoms. The quantitative estimate of drug-likeness (QED) is 0.681. The van der Waals surface area contributed by atoms with E-state index in [2.05, 4.69) is 43.3 Å². The molecule has 0 atom stereocenters. The Labute approximate surface area is 141 Å². The molecule has 1 rings (SSSR count). The summed E-state index contributed by atoms with van der Waals surface area (Å²) in [4.78, 5) is 13.2. The Hall–Kier alpha value is -1.84. The highest BCUT2D eigenvalue weighted by Gasteiger charge is 2.21. The Morgan fingerprint density at radius 1 is 1.30 bits per heavy atom. The third-order valence-electron chi connectivity index (χ3n) is 2.12. The number of hydrogen-bond donors (Lipinski definition) is 1. The molecule has 6 heteroatoms. The lowest BCUT2D eigenvalue weighted by Gasteiger charge is -2.24. The van der Waals surface area contributed by atoms with Crippen LogP contribution in [0, 0.1) is 11.8 Å². The number of amides is 1. The largest absolute Gasteiger partial charge is 0.494 e. The Morgan fingerprint density at radius 3 is 2.35 bits per heavy atom. The summed E-state index contributed by atoms with van der Waals surface area (Å²) in [6.07, 6.45) is 3.37. The van der Waals surface area contributed by atoms with E-state index in [1.165, 1.54) is 6.92 Å². The lowest BCUT2D eigenvalue weighted by atomic mass is 10.1. The molecule has 0 aliphatic rings. The minimum atomic E-state index is -0.472. The van der Waals surface area contributed by atoms with Crippen LogP contribution in [-0.4, -0.2) is 33.4 Å². The lowest BCUT2D eigenvalue weighted by Crippen LogP contribution is -2.28. The van der Waals surface area contributed by atoms with Crippen LogP contribution < -0.4 is 10.5 Å². The van der Waals surface area contributed by atoms with Gasteiger partial charge < -0.3 is 14.9 Å². The van der Waals surface area contributed by atoms with Crippen LogP contribution in [0.1, 0.15) is 47.1 Å². The van der Waals surface area contributed by atoms with E-state index in [-0.39, 0.29) is 10.9 Å². The maximum atomic E-state index is 9.22. The van der Waals surface area contributed by atoms with Crippen molar-refractivity contribution >= 4 is 15.7 Å². The Bertz CT molecular complexity index is 565. The molecule has 0 saturated heterocycles. The number of nitrogens with two attached hydrogens (primary N) is 1. The van der Waals surface area contributed by atoms with Crippen molar-refractivity contribution in [2.45, 2.75) is 52.2 Å². The zero-order chi connectivity index (χ0) is 18.1. The van der Waals surface area contributed by atoms with Gasteiger partial charge in [0.15, 0.2) is 5.75 Å². The van der Waals surface area contributed by atoms with Gasteiger partial charge in [-0.3, -0.25) is 9.78 Å². The number of carbonyl (C=O) groups excluding carboxylic acids is 1. The number of carbonyl (C=O) groups is 1. The monoisotopic (exact) mass is 334 g/mol. The minimum Gasteiger partial charge on any atom is -0.494 e. The molecule has 126 valence electrons. The maximum Gasteiger partial charge on any atom is 0.237 e. The summed E-state index contributed by atoms with van der Waals surface area (Å²) in [6.45, 7) is 11.7. The van der Waals surface area contributed by atoms with Crippen LogP contribution in [0.3, 0.4) is 0 Å². The summed E-state index contributed by atoms with van der Waals surface area (Å²) in [5, 5.41) is 0.160. The topological polar surface area (TPSA) is 74.4 Å². The molecule has 0 saturated carbocycles. The average Bonchev–Trinajstić information content (AvgIpc) is 2.42. The Kier molecular flexibility index (Phi) is 8.58. The number of pyridine rings is 1. The maximum absolute atomic E-state index is 9.22. The predicted molar refractivity (Wildman–Crippen MR) is 93.2 cm³/mol. The van der Waals surface area contributed by atoms with Crippen molar-refractivity contribution < 1.29 is 14.0 Å². The molecule has 0 fully saturated rings. The zero-order valence-corrected chi connectivity index (χ0v) is 16.0. The first-order chi connectivity index (χ1) is 10.5. The van der Waals surface area contributed by atoms with E-state index in [1.54, 1.807) is 19.5 Å². The van der Waals surface area contributed by atoms with Crippen molar-refractivity contribution in [1.29, 1.82) is 0 Å². The zero-order valence-electron chi connectivity index (χ0n) is 15.0. The van der Waals surface area contributed by atoms with E-state index in [9.17, 15) is 4.79 Å². The van der Waals surface area contributed by atoms with E-state index in [0.717, 1.165) is 5.56 Å². The molecule has 1 heterocycles. The van der Waals surface area contributed by atoms with Crippen molar-refractivity contribution in [1.82, 2.24) is 4.98 Å². The molecular formula is C17H26N2O3Si. The van der Waals surface area contributed by atoms with Crippen molar-refractivity contribution in [3.05, 3.63) is 24.0 Å². The van der Waals surface area contributed by atoms with Crippen LogP contribution in [-0.2, 0) is 9.22 Å². The van der Waals surface area contributed by atoms with Crippen molar-refractivity contribution in [2.24, 2.45) is 5.73 Å². The van der Waals surface area contributed by atoms with Gasteiger partial charge in [0.1, 0.15) is 5.60 Å². The van der Waals surface area contributed by atoms with E-state index in [4.69, 9.17) is 9.16 Å². The van der Waals surface area contributed by atoms with Crippen LogP contribution >= 0.6 is 0 Å². The fourth-order valence-corrected chi connectivity index (χ4v) is 1.78. The molecule has 0 spiro atoms. The van der Waals surface area contributed by atoms with Crippen LogP contribution in [0.2, 0.25) is 5.04 Å². The second-order valence-electron chi connectivity index (χ2n) is 6.40. The number of ether oxygens (including phenoxy) is 1. The van der Waals surface area contributed by atoms with Gasteiger partial charge >= 0.3 is 0 Å². The fourth-order valence-electron chi connectivity index (χ4n) is 1.17. The SMILES string of the molecule is CC(N)=O.COc1cnccc1C#CC(C)(C)O[Si]C(C)(C)C. The molecule has 0 aromatic carbocycles. The molecule has 1 aromatic heterocycles. The minimum absolute atomic E-state index is 0.160. The summed E-state index contributed by atoms with van der Waals surface area (Å²) < 4.78 is 11.1. The third kappa shape index (κ3) is 11.4. The number of primary amides is 1. The first kappa shape index (κ1) is 21.2. The highest BCUT2D eigenvalue weighted by molar-refractivity contribution is 6.31. The van der Waals surface area contributed by atoms with Gasteiger partial charge in [-0.25, -0.2) is 0 Å². The van der Waals surface area contributed by atoms with Gasteiger partial charge in [-0.15, -0.1) is 0 Å². The van der Waals surface area contributed by atoms with Gasteiger partial charge in [-0.1, -0.05) is 32.6 Å². The van der Waals surface area contributed by atoms with Gasteiger partial charge in [-0.2, -0.15) is 0 Å². The Morgan fingerprint density at radius 2 is 1.87 bits per heavy atom. The highest BCUT2D eigenvalue weighted by Crippen LogP contribution is 2.23. The standard InChI is InChI=1S/C15H21NO2Si.C2H5NO/c1-14(2,3)19-18-15(4,5)9-7-12-8-10-16-11-13(12)17-6;1-2(3)4/h8,10-11H,1-6H3;1H3,(H2,3,4). The molecular weight excluding hydrogens is 308 g/mol. The Balaban J connectivity index is 0.00000108. The fraction of sp³-hybridized carbons (Fsp3) is 0.529. The lowest BCUT2D eigenvalue weighted by molar-refractivity contribution is -0.115. The first-order valence-electron chi connectivity index (χ1n) is 7.19. The molecule has 0 aliphatic carbocycles. The van der Waals surface area contributed by atoms with Crippen LogP contribution in [0.25, 0.3) is 0 Å². The molecule has 2 radical (unpaired) electrons. The smallest absolute Gasteiger partial charge is 0.237 e. The third-order valence-corrected chi connectivity index (χ3v) is 3.34. The summed E-state index contributed by atoms with van der Waals surface area (Å²) in [7, 11) is 2.03. The van der Waals surface area contributed by atoms with Crippen LogP contribution in [0.4, 0.5) is 0 Å². The van der Waals surface area contributed by atoms with Gasteiger partial charge in [0, 0.05) is 13.1 Å². The second-order valence-corrected chi connectivity index (χ2v) is 8.31. The van der Waals surface area contributed by atoms with Gasteiger partial charge in [0.05, 0.1) is 18.9 Å².